The highest BCUT2D eigenvalue weighted by molar-refractivity contribution is 6.14. The molecule has 6 heteroatoms. The number of nitrogens with zero attached hydrogens (tertiary/aromatic N) is 6. The lowest BCUT2D eigenvalue weighted by atomic mass is 9.74. The number of hydrogen-bond acceptors (Lipinski definition) is 4. The minimum Gasteiger partial charge on any atom is -0.309 e. The van der Waals surface area contributed by atoms with E-state index in [-0.39, 0.29) is 5.41 Å². The smallest absolute Gasteiger partial charge is 0.238 e. The third kappa shape index (κ3) is 5.80. The van der Waals surface area contributed by atoms with Gasteiger partial charge in [-0.05, 0) is 99.6 Å². The average Bonchev–Trinajstić information content (AvgIpc) is 3.88. The zero-order chi connectivity index (χ0) is 43.2. The standard InChI is InChI=1S/C59H40N6/c1-59(2)49-35-44(39-19-11-5-12-20-39)34-48-47-33-43(25-28-51(47)64(55(48)49)54-29-30-60-36-50(54)59)57-61-56(40-21-13-6-14-22-40)62-58(63-57)65-52-26-23-41(37-15-7-3-8-16-37)31-45(52)46-32-42(24-27-53(46)65)38-17-9-4-10-18-38/h3-36H,1-2H3. The summed E-state index contributed by atoms with van der Waals surface area (Å²) in [6, 6.07) is 69.1. The molecule has 6 nitrogen and oxygen atoms in total. The molecule has 306 valence electrons. The predicted octanol–water partition coefficient (Wildman–Crippen LogP) is 14.4. The van der Waals surface area contributed by atoms with E-state index in [1.165, 1.54) is 44.3 Å². The first-order valence-corrected chi connectivity index (χ1v) is 22.1. The first-order valence-electron chi connectivity index (χ1n) is 22.1. The first kappa shape index (κ1) is 37.1. The number of fused-ring (bicyclic) bond motifs is 8. The number of aromatic nitrogens is 6. The highest BCUT2D eigenvalue weighted by Crippen LogP contribution is 2.49. The predicted molar refractivity (Wildman–Crippen MR) is 266 cm³/mol. The van der Waals surface area contributed by atoms with E-state index in [9.17, 15) is 0 Å². The second-order valence-electron chi connectivity index (χ2n) is 17.6. The molecule has 0 bridgehead atoms. The minimum absolute atomic E-state index is 0.278. The van der Waals surface area contributed by atoms with Crippen LogP contribution in [0.15, 0.2) is 207 Å². The maximum Gasteiger partial charge on any atom is 0.238 e. The Morgan fingerprint density at radius 2 is 0.831 bits per heavy atom. The topological polar surface area (TPSA) is 61.4 Å². The summed E-state index contributed by atoms with van der Waals surface area (Å²) in [5.74, 6) is 1.78. The number of pyridine rings is 1. The van der Waals surface area contributed by atoms with Crippen LogP contribution in [0.3, 0.4) is 0 Å². The Bertz CT molecular complexity index is 3740. The summed E-state index contributed by atoms with van der Waals surface area (Å²) in [6.45, 7) is 4.64. The lowest BCUT2D eigenvalue weighted by molar-refractivity contribution is 0.627. The van der Waals surface area contributed by atoms with Crippen LogP contribution in [0.4, 0.5) is 0 Å². The van der Waals surface area contributed by atoms with E-state index in [1.54, 1.807) is 0 Å². The summed E-state index contributed by atoms with van der Waals surface area (Å²) in [4.78, 5) is 20.6. The van der Waals surface area contributed by atoms with Gasteiger partial charge in [0.25, 0.3) is 0 Å². The number of rotatable bonds is 6. The van der Waals surface area contributed by atoms with Crippen molar-refractivity contribution in [3.8, 4) is 67.8 Å². The van der Waals surface area contributed by atoms with Crippen LogP contribution < -0.4 is 0 Å². The van der Waals surface area contributed by atoms with Crippen molar-refractivity contribution in [3.63, 3.8) is 0 Å². The van der Waals surface area contributed by atoms with Gasteiger partial charge in [0, 0.05) is 56.0 Å². The van der Waals surface area contributed by atoms with Crippen molar-refractivity contribution in [2.45, 2.75) is 19.3 Å². The zero-order valence-corrected chi connectivity index (χ0v) is 35.8. The first-order chi connectivity index (χ1) is 32.0. The van der Waals surface area contributed by atoms with E-state index in [0.29, 0.717) is 17.6 Å². The molecule has 13 rings (SSSR count). The lowest BCUT2D eigenvalue weighted by Gasteiger charge is -2.34. The van der Waals surface area contributed by atoms with Crippen molar-refractivity contribution in [2.24, 2.45) is 0 Å². The van der Waals surface area contributed by atoms with E-state index < -0.39 is 0 Å². The molecule has 65 heavy (non-hydrogen) atoms. The van der Waals surface area contributed by atoms with Gasteiger partial charge in [-0.3, -0.25) is 9.55 Å². The SMILES string of the molecule is CC1(C)c2cnccc2-n2c3ccc(-c4nc(-c5ccccc5)nc(-n5c6ccc(-c7ccccc7)cc6c6cc(-c7ccccc7)ccc65)n4)cc3c3cc(-c4ccccc4)cc1c32. The fraction of sp³-hybridized carbons (Fsp3) is 0.0508. The molecule has 5 heterocycles. The molecule has 0 N–H and O–H groups in total. The van der Waals surface area contributed by atoms with Crippen LogP contribution in [0, 0.1) is 0 Å². The maximum absolute atomic E-state index is 5.43. The highest BCUT2D eigenvalue weighted by Gasteiger charge is 2.36. The largest absolute Gasteiger partial charge is 0.309 e. The molecule has 4 aromatic heterocycles. The molecular formula is C59H40N6. The summed E-state index contributed by atoms with van der Waals surface area (Å²) in [5.41, 5.74) is 16.6. The Balaban J connectivity index is 1.07. The van der Waals surface area contributed by atoms with Gasteiger partial charge in [-0.15, -0.1) is 0 Å². The van der Waals surface area contributed by atoms with E-state index in [0.717, 1.165) is 60.6 Å². The average molecular weight is 833 g/mol. The molecule has 1 aliphatic rings. The van der Waals surface area contributed by atoms with Gasteiger partial charge < -0.3 is 4.57 Å². The molecular weight excluding hydrogens is 793 g/mol. The fourth-order valence-corrected chi connectivity index (χ4v) is 10.2. The fourth-order valence-electron chi connectivity index (χ4n) is 10.2. The summed E-state index contributed by atoms with van der Waals surface area (Å²) in [6.07, 6.45) is 3.94. The van der Waals surface area contributed by atoms with Gasteiger partial charge in [0.1, 0.15) is 0 Å². The Hall–Kier alpha value is -8.48. The van der Waals surface area contributed by atoms with Crippen LogP contribution in [0.2, 0.25) is 0 Å². The normalized spacial score (nSPS) is 12.9. The van der Waals surface area contributed by atoms with Gasteiger partial charge in [0.2, 0.25) is 5.95 Å². The van der Waals surface area contributed by atoms with E-state index in [4.69, 9.17) is 15.0 Å². The van der Waals surface area contributed by atoms with Crippen molar-refractivity contribution in [3.05, 3.63) is 218 Å². The van der Waals surface area contributed by atoms with E-state index in [1.807, 2.05) is 30.6 Å². The number of hydrogen-bond donors (Lipinski definition) is 0. The lowest BCUT2D eigenvalue weighted by Crippen LogP contribution is -2.26. The van der Waals surface area contributed by atoms with Gasteiger partial charge in [0.05, 0.1) is 27.8 Å². The van der Waals surface area contributed by atoms with Gasteiger partial charge in [-0.1, -0.05) is 147 Å². The maximum atomic E-state index is 5.43. The zero-order valence-electron chi connectivity index (χ0n) is 35.8. The summed E-state index contributed by atoms with van der Waals surface area (Å²) < 4.78 is 4.64. The molecule has 0 saturated heterocycles. The third-order valence-corrected chi connectivity index (χ3v) is 13.4. The van der Waals surface area contributed by atoms with Crippen molar-refractivity contribution in [1.29, 1.82) is 0 Å². The molecule has 0 radical (unpaired) electrons. The third-order valence-electron chi connectivity index (χ3n) is 13.4. The summed E-state index contributed by atoms with van der Waals surface area (Å²) in [7, 11) is 0. The number of benzene rings is 8. The van der Waals surface area contributed by atoms with Crippen LogP contribution in [0.25, 0.3) is 111 Å². The molecule has 0 spiro atoms. The quantitative estimate of drug-likeness (QED) is 0.167. The molecule has 12 aromatic rings. The van der Waals surface area contributed by atoms with E-state index >= 15 is 0 Å². The second kappa shape index (κ2) is 14.3. The van der Waals surface area contributed by atoms with Gasteiger partial charge in [-0.25, -0.2) is 4.98 Å². The Kier molecular flexibility index (Phi) is 8.15. The summed E-state index contributed by atoms with van der Waals surface area (Å²) >= 11 is 0. The van der Waals surface area contributed by atoms with Crippen LogP contribution in [-0.4, -0.2) is 29.1 Å². The monoisotopic (exact) mass is 832 g/mol. The molecule has 0 atom stereocenters. The van der Waals surface area contributed by atoms with Gasteiger partial charge in [-0.2, -0.15) is 9.97 Å². The van der Waals surface area contributed by atoms with Crippen LogP contribution >= 0.6 is 0 Å². The second-order valence-corrected chi connectivity index (χ2v) is 17.6. The van der Waals surface area contributed by atoms with Crippen molar-refractivity contribution in [2.75, 3.05) is 0 Å². The Morgan fingerprint density at radius 3 is 1.42 bits per heavy atom. The molecule has 1 aliphatic heterocycles. The Labute approximate surface area is 375 Å². The van der Waals surface area contributed by atoms with Crippen LogP contribution in [-0.2, 0) is 5.41 Å². The van der Waals surface area contributed by atoms with Crippen LogP contribution in [0.5, 0.6) is 0 Å². The summed E-state index contributed by atoms with van der Waals surface area (Å²) in [5, 5.41) is 4.59. The molecule has 0 saturated carbocycles. The molecule has 0 amide bonds. The highest BCUT2D eigenvalue weighted by atomic mass is 15.2. The van der Waals surface area contributed by atoms with E-state index in [2.05, 4.69) is 204 Å². The minimum atomic E-state index is -0.278. The van der Waals surface area contributed by atoms with Crippen molar-refractivity contribution >= 4 is 43.6 Å². The van der Waals surface area contributed by atoms with Gasteiger partial charge >= 0.3 is 0 Å². The molecule has 0 fully saturated rings. The van der Waals surface area contributed by atoms with Crippen molar-refractivity contribution in [1.82, 2.24) is 29.1 Å². The van der Waals surface area contributed by atoms with Crippen LogP contribution in [0.1, 0.15) is 25.0 Å². The van der Waals surface area contributed by atoms with Crippen molar-refractivity contribution < 1.29 is 0 Å². The molecule has 0 aliphatic carbocycles. The van der Waals surface area contributed by atoms with Gasteiger partial charge in [0.15, 0.2) is 11.6 Å². The Morgan fingerprint density at radius 1 is 0.369 bits per heavy atom. The molecule has 8 aromatic carbocycles. The molecule has 0 unspecified atom stereocenters.